The molecule has 5 heteroatoms. The Morgan fingerprint density at radius 2 is 1.74 bits per heavy atom. The zero-order chi connectivity index (χ0) is 14.1. The minimum Gasteiger partial charge on any atom is -0.377 e. The highest BCUT2D eigenvalue weighted by Crippen LogP contribution is 2.29. The number of rotatable bonds is 12. The maximum atomic E-state index is 5.50. The van der Waals surface area contributed by atoms with E-state index in [1.54, 1.807) is 21.3 Å². The Kier molecular flexibility index (Phi) is 8.17. The highest BCUT2D eigenvalue weighted by molar-refractivity contribution is 6.60. The first-order valence-corrected chi connectivity index (χ1v) is 9.40. The Balaban J connectivity index is 2.36. The fourth-order valence-electron chi connectivity index (χ4n) is 2.58. The van der Waals surface area contributed by atoms with Gasteiger partial charge in [0.1, 0.15) is 0 Å². The van der Waals surface area contributed by atoms with E-state index < -0.39 is 8.80 Å². The Labute approximate surface area is 119 Å². The molecule has 0 spiro atoms. The topological polar surface area (TPSA) is 40.2 Å². The summed E-state index contributed by atoms with van der Waals surface area (Å²) in [4.78, 5) is 0. The number of epoxide rings is 1. The van der Waals surface area contributed by atoms with E-state index in [4.69, 9.17) is 18.0 Å². The molecule has 1 saturated heterocycles. The van der Waals surface area contributed by atoms with Crippen molar-refractivity contribution in [2.75, 3.05) is 27.9 Å². The van der Waals surface area contributed by atoms with Crippen LogP contribution in [0.5, 0.6) is 0 Å². The van der Waals surface area contributed by atoms with E-state index in [-0.39, 0.29) is 0 Å². The van der Waals surface area contributed by atoms with Gasteiger partial charge in [0.15, 0.2) is 0 Å². The van der Waals surface area contributed by atoms with Crippen LogP contribution in [-0.4, -0.2) is 42.8 Å². The molecule has 0 aromatic carbocycles. The zero-order valence-corrected chi connectivity index (χ0v) is 13.9. The van der Waals surface area contributed by atoms with E-state index in [9.17, 15) is 0 Å². The Morgan fingerprint density at radius 1 is 1.11 bits per heavy atom. The van der Waals surface area contributed by atoms with Gasteiger partial charge in [0.2, 0.25) is 0 Å². The van der Waals surface area contributed by atoms with Gasteiger partial charge in [-0.1, -0.05) is 32.6 Å². The van der Waals surface area contributed by atoms with Crippen molar-refractivity contribution in [3.8, 4) is 0 Å². The monoisotopic (exact) mass is 290 g/mol. The Bertz CT molecular complexity index is 221. The smallest absolute Gasteiger partial charge is 0.377 e. The third-order valence-electron chi connectivity index (χ3n) is 4.01. The van der Waals surface area contributed by atoms with Crippen molar-refractivity contribution in [3.63, 3.8) is 0 Å². The number of ether oxygens (including phenoxy) is 1. The number of hydrogen-bond donors (Lipinski definition) is 0. The third kappa shape index (κ3) is 6.36. The first kappa shape index (κ1) is 17.1. The van der Waals surface area contributed by atoms with Crippen LogP contribution in [0.25, 0.3) is 0 Å². The van der Waals surface area contributed by atoms with Gasteiger partial charge in [-0.3, -0.25) is 0 Å². The van der Waals surface area contributed by atoms with Crippen LogP contribution in [0.3, 0.4) is 0 Å². The molecule has 0 amide bonds. The number of unbranched alkanes of at least 4 members (excludes halogenated alkanes) is 2. The molecular formula is C14H30O4Si. The molecule has 2 atom stereocenters. The molecule has 0 radical (unpaired) electrons. The highest BCUT2D eigenvalue weighted by Gasteiger charge is 2.38. The van der Waals surface area contributed by atoms with Crippen LogP contribution in [-0.2, 0) is 18.0 Å². The minimum absolute atomic E-state index is 0.510. The quantitative estimate of drug-likeness (QED) is 0.314. The minimum atomic E-state index is -2.40. The molecule has 1 aliphatic heterocycles. The lowest BCUT2D eigenvalue weighted by atomic mass is 9.94. The van der Waals surface area contributed by atoms with Crippen molar-refractivity contribution in [3.05, 3.63) is 0 Å². The predicted molar refractivity (Wildman–Crippen MR) is 78.2 cm³/mol. The molecule has 0 bridgehead atoms. The molecule has 0 aliphatic carbocycles. The molecule has 19 heavy (non-hydrogen) atoms. The van der Waals surface area contributed by atoms with Crippen molar-refractivity contribution in [2.45, 2.75) is 57.6 Å². The lowest BCUT2D eigenvalue weighted by molar-refractivity contribution is 0.120. The van der Waals surface area contributed by atoms with Crippen LogP contribution in [0.15, 0.2) is 0 Å². The third-order valence-corrected chi connectivity index (χ3v) is 6.77. The van der Waals surface area contributed by atoms with E-state index in [2.05, 4.69) is 6.92 Å². The molecule has 114 valence electrons. The van der Waals surface area contributed by atoms with Crippen molar-refractivity contribution in [1.82, 2.24) is 0 Å². The molecule has 1 heterocycles. The average Bonchev–Trinajstić information content (AvgIpc) is 3.25. The van der Waals surface area contributed by atoms with Crippen molar-refractivity contribution in [1.29, 1.82) is 0 Å². The first-order chi connectivity index (χ1) is 9.19. The van der Waals surface area contributed by atoms with Gasteiger partial charge in [-0.25, -0.2) is 0 Å². The summed E-state index contributed by atoms with van der Waals surface area (Å²) in [5.41, 5.74) is 0. The zero-order valence-electron chi connectivity index (χ0n) is 12.9. The van der Waals surface area contributed by atoms with Crippen LogP contribution < -0.4 is 0 Å². The van der Waals surface area contributed by atoms with Gasteiger partial charge < -0.3 is 18.0 Å². The van der Waals surface area contributed by atoms with Gasteiger partial charge in [0, 0.05) is 27.4 Å². The SMILES string of the molecule is CCCCCC(CC[Si](OC)(OC)OC)CC1CO1. The molecule has 0 saturated carbocycles. The molecule has 4 nitrogen and oxygen atoms in total. The highest BCUT2D eigenvalue weighted by atomic mass is 28.4. The maximum Gasteiger partial charge on any atom is 0.500 e. The van der Waals surface area contributed by atoms with Gasteiger partial charge in [-0.2, -0.15) is 0 Å². The second-order valence-corrected chi connectivity index (χ2v) is 8.48. The molecule has 0 aromatic heterocycles. The average molecular weight is 290 g/mol. The van der Waals surface area contributed by atoms with E-state index in [0.29, 0.717) is 12.0 Å². The van der Waals surface area contributed by atoms with Crippen LogP contribution in [0.2, 0.25) is 6.04 Å². The fourth-order valence-corrected chi connectivity index (χ4v) is 4.45. The van der Waals surface area contributed by atoms with Crippen molar-refractivity contribution < 1.29 is 18.0 Å². The summed E-state index contributed by atoms with van der Waals surface area (Å²) in [6, 6.07) is 0.903. The molecule has 0 N–H and O–H groups in total. The van der Waals surface area contributed by atoms with Crippen molar-refractivity contribution >= 4 is 8.80 Å². The first-order valence-electron chi connectivity index (χ1n) is 7.46. The summed E-state index contributed by atoms with van der Waals surface area (Å²) in [7, 11) is 2.67. The summed E-state index contributed by atoms with van der Waals surface area (Å²) in [5, 5.41) is 0. The van der Waals surface area contributed by atoms with E-state index >= 15 is 0 Å². The molecule has 2 unspecified atom stereocenters. The van der Waals surface area contributed by atoms with Crippen LogP contribution in [0, 0.1) is 5.92 Å². The predicted octanol–water partition coefficient (Wildman–Crippen LogP) is 3.24. The summed E-state index contributed by atoms with van der Waals surface area (Å²) in [6.07, 6.45) is 8.01. The summed E-state index contributed by atoms with van der Waals surface area (Å²) in [5.74, 6) is 0.714. The van der Waals surface area contributed by atoms with Crippen LogP contribution >= 0.6 is 0 Å². The van der Waals surface area contributed by atoms with Crippen LogP contribution in [0.4, 0.5) is 0 Å². The van der Waals surface area contributed by atoms with Gasteiger partial charge in [0.25, 0.3) is 0 Å². The fraction of sp³-hybridized carbons (Fsp3) is 1.00. The normalized spacial score (nSPS) is 20.5. The maximum absolute atomic E-state index is 5.50. The van der Waals surface area contributed by atoms with E-state index in [0.717, 1.165) is 19.1 Å². The molecular weight excluding hydrogens is 260 g/mol. The summed E-state index contributed by atoms with van der Waals surface area (Å²) < 4.78 is 21.9. The van der Waals surface area contributed by atoms with Gasteiger partial charge in [-0.15, -0.1) is 0 Å². The van der Waals surface area contributed by atoms with Gasteiger partial charge in [-0.05, 0) is 18.8 Å². The van der Waals surface area contributed by atoms with Gasteiger partial charge in [0.05, 0.1) is 12.7 Å². The molecule has 0 aromatic rings. The molecule has 1 rings (SSSR count). The number of hydrogen-bond acceptors (Lipinski definition) is 4. The summed E-state index contributed by atoms with van der Waals surface area (Å²) >= 11 is 0. The van der Waals surface area contributed by atoms with Crippen molar-refractivity contribution in [2.24, 2.45) is 5.92 Å². The summed E-state index contributed by atoms with van der Waals surface area (Å²) in [6.45, 7) is 3.20. The molecule has 1 fully saturated rings. The standard InChI is InChI=1S/C14H30O4Si/c1-5-6-7-8-13(11-14-12-18-14)9-10-19(15-2,16-3)17-4/h13-14H,5-12H2,1-4H3. The van der Waals surface area contributed by atoms with E-state index in [1.165, 1.54) is 32.1 Å². The lowest BCUT2D eigenvalue weighted by Gasteiger charge is -2.26. The molecule has 1 aliphatic rings. The second kappa shape index (κ2) is 9.08. The Morgan fingerprint density at radius 3 is 2.21 bits per heavy atom. The largest absolute Gasteiger partial charge is 0.500 e. The van der Waals surface area contributed by atoms with E-state index in [1.807, 2.05) is 0 Å². The van der Waals surface area contributed by atoms with Crippen LogP contribution in [0.1, 0.15) is 45.4 Å². The van der Waals surface area contributed by atoms with Gasteiger partial charge >= 0.3 is 8.80 Å². The Hall–Kier alpha value is 0.0569. The lowest BCUT2D eigenvalue weighted by Crippen LogP contribution is -2.43. The second-order valence-electron chi connectivity index (χ2n) is 5.39.